The van der Waals surface area contributed by atoms with Crippen molar-refractivity contribution in [2.24, 2.45) is 0 Å². The average molecular weight is 236 g/mol. The van der Waals surface area contributed by atoms with E-state index in [4.69, 9.17) is 0 Å². The Balaban J connectivity index is 2.94. The number of benzene rings is 1. The van der Waals surface area contributed by atoms with Gasteiger partial charge in [0.05, 0.1) is 5.92 Å². The van der Waals surface area contributed by atoms with Crippen LogP contribution in [0.25, 0.3) is 0 Å². The van der Waals surface area contributed by atoms with Gasteiger partial charge in [-0.3, -0.25) is 4.79 Å². The van der Waals surface area contributed by atoms with Crippen LogP contribution in [0.1, 0.15) is 17.0 Å². The summed E-state index contributed by atoms with van der Waals surface area (Å²) in [7, 11) is -1.36. The topological polar surface area (TPSA) is 37.3 Å². The van der Waals surface area contributed by atoms with E-state index < -0.39 is 14.0 Å². The van der Waals surface area contributed by atoms with Crippen molar-refractivity contribution in [3.05, 3.63) is 35.4 Å². The van der Waals surface area contributed by atoms with Gasteiger partial charge in [-0.15, -0.1) is 0 Å². The summed E-state index contributed by atoms with van der Waals surface area (Å²) in [6.45, 7) is 8.63. The molecule has 2 nitrogen and oxygen atoms in total. The van der Waals surface area contributed by atoms with Crippen LogP contribution in [0.15, 0.2) is 24.3 Å². The van der Waals surface area contributed by atoms with Crippen LogP contribution in [0, 0.1) is 6.92 Å². The third-order valence-electron chi connectivity index (χ3n) is 2.59. The fraction of sp³-hybridized carbons (Fsp3) is 0.462. The zero-order chi connectivity index (χ0) is 12.3. The normalized spacial score (nSPS) is 13.5. The highest BCUT2D eigenvalue weighted by Gasteiger charge is 2.26. The van der Waals surface area contributed by atoms with Gasteiger partial charge in [-0.2, -0.15) is 0 Å². The Morgan fingerprint density at radius 3 is 2.12 bits per heavy atom. The molecule has 1 unspecified atom stereocenters. The molecule has 1 rings (SSSR count). The van der Waals surface area contributed by atoms with Crippen molar-refractivity contribution >= 4 is 14.0 Å². The fourth-order valence-corrected chi connectivity index (χ4v) is 3.39. The summed E-state index contributed by atoms with van der Waals surface area (Å²) in [6.07, 6.45) is 0. The molecule has 0 radical (unpaired) electrons. The highest BCUT2D eigenvalue weighted by atomic mass is 28.3. The van der Waals surface area contributed by atoms with E-state index in [1.807, 2.05) is 31.2 Å². The average Bonchev–Trinajstić information content (AvgIpc) is 2.14. The number of aryl methyl sites for hydroxylation is 1. The van der Waals surface area contributed by atoms with Gasteiger partial charge in [0, 0.05) is 8.07 Å². The fourth-order valence-electron chi connectivity index (χ4n) is 1.76. The molecule has 1 aromatic carbocycles. The van der Waals surface area contributed by atoms with E-state index in [-0.39, 0.29) is 5.92 Å². The van der Waals surface area contributed by atoms with Crippen molar-refractivity contribution in [1.82, 2.24) is 0 Å². The molecular formula is C13H20O2Si. The Kier molecular flexibility index (Phi) is 3.91. The summed E-state index contributed by atoms with van der Waals surface area (Å²) in [5, 5.41) is 9.28. The Hall–Kier alpha value is -1.09. The van der Waals surface area contributed by atoms with Gasteiger partial charge in [-0.1, -0.05) is 49.5 Å². The lowest BCUT2D eigenvalue weighted by molar-refractivity contribution is -0.138. The van der Waals surface area contributed by atoms with Gasteiger partial charge in [0.25, 0.3) is 0 Å². The molecule has 1 aromatic rings. The lowest BCUT2D eigenvalue weighted by atomic mass is 10.0. The van der Waals surface area contributed by atoms with Crippen LogP contribution in [0.4, 0.5) is 0 Å². The summed E-state index contributed by atoms with van der Waals surface area (Å²) >= 11 is 0. The first kappa shape index (κ1) is 13.0. The summed E-state index contributed by atoms with van der Waals surface area (Å²) in [5.41, 5.74) is 2.10. The van der Waals surface area contributed by atoms with E-state index in [9.17, 15) is 9.90 Å². The highest BCUT2D eigenvalue weighted by Crippen LogP contribution is 2.27. The number of rotatable bonds is 4. The van der Waals surface area contributed by atoms with E-state index in [1.165, 1.54) is 5.56 Å². The SMILES string of the molecule is Cc1ccc(C(C[Si](C)(C)C)C(=O)O)cc1. The molecule has 16 heavy (non-hydrogen) atoms. The first-order chi connectivity index (χ1) is 7.29. The number of aliphatic carboxylic acids is 1. The molecule has 0 aliphatic carbocycles. The molecule has 0 fully saturated rings. The minimum absolute atomic E-state index is 0.340. The molecule has 3 heteroatoms. The van der Waals surface area contributed by atoms with Gasteiger partial charge < -0.3 is 5.11 Å². The van der Waals surface area contributed by atoms with Crippen LogP contribution in [0.2, 0.25) is 25.7 Å². The van der Waals surface area contributed by atoms with Crippen molar-refractivity contribution in [2.45, 2.75) is 38.5 Å². The second-order valence-electron chi connectivity index (χ2n) is 5.57. The second-order valence-corrected chi connectivity index (χ2v) is 11.1. The van der Waals surface area contributed by atoms with Crippen molar-refractivity contribution < 1.29 is 9.90 Å². The standard InChI is InChI=1S/C13H20O2Si/c1-10-5-7-11(8-6-10)12(13(14)15)9-16(2,3)4/h5-8,12H,9H2,1-4H3,(H,14,15). The quantitative estimate of drug-likeness (QED) is 0.812. The Morgan fingerprint density at radius 2 is 1.75 bits per heavy atom. The number of carboxylic acid groups (broad SMARTS) is 1. The molecular weight excluding hydrogens is 216 g/mol. The zero-order valence-electron chi connectivity index (χ0n) is 10.4. The van der Waals surface area contributed by atoms with Crippen molar-refractivity contribution in [1.29, 1.82) is 0 Å². The minimum atomic E-state index is -1.36. The van der Waals surface area contributed by atoms with Crippen molar-refractivity contribution in [2.75, 3.05) is 0 Å². The van der Waals surface area contributed by atoms with Gasteiger partial charge in [0.15, 0.2) is 0 Å². The lowest BCUT2D eigenvalue weighted by Crippen LogP contribution is -2.26. The first-order valence-electron chi connectivity index (χ1n) is 5.59. The molecule has 0 saturated carbocycles. The van der Waals surface area contributed by atoms with Crippen molar-refractivity contribution in [3.63, 3.8) is 0 Å². The summed E-state index contributed by atoms with van der Waals surface area (Å²) in [6, 6.07) is 8.64. The zero-order valence-corrected chi connectivity index (χ0v) is 11.4. The first-order valence-corrected chi connectivity index (χ1v) is 9.30. The van der Waals surface area contributed by atoms with Crippen LogP contribution in [0.3, 0.4) is 0 Å². The molecule has 1 atom stereocenters. The second kappa shape index (κ2) is 4.83. The van der Waals surface area contributed by atoms with Gasteiger partial charge in [0.2, 0.25) is 0 Å². The van der Waals surface area contributed by atoms with Crippen LogP contribution >= 0.6 is 0 Å². The summed E-state index contributed by atoms with van der Waals surface area (Å²) < 4.78 is 0. The third-order valence-corrected chi connectivity index (χ3v) is 4.23. The number of carboxylic acids is 1. The van der Waals surface area contributed by atoms with E-state index in [1.54, 1.807) is 0 Å². The Labute approximate surface area is 98.3 Å². The maximum absolute atomic E-state index is 11.3. The van der Waals surface area contributed by atoms with Gasteiger partial charge in [-0.25, -0.2) is 0 Å². The van der Waals surface area contributed by atoms with E-state index in [2.05, 4.69) is 19.6 Å². The van der Waals surface area contributed by atoms with Crippen LogP contribution in [-0.4, -0.2) is 19.1 Å². The predicted molar refractivity (Wildman–Crippen MR) is 69.7 cm³/mol. The van der Waals surface area contributed by atoms with E-state index in [0.29, 0.717) is 0 Å². The molecule has 0 spiro atoms. The maximum Gasteiger partial charge on any atom is 0.310 e. The minimum Gasteiger partial charge on any atom is -0.481 e. The highest BCUT2D eigenvalue weighted by molar-refractivity contribution is 6.76. The monoisotopic (exact) mass is 236 g/mol. The molecule has 0 bridgehead atoms. The summed E-state index contributed by atoms with van der Waals surface area (Å²) in [4.78, 5) is 11.3. The molecule has 88 valence electrons. The molecule has 1 N–H and O–H groups in total. The molecule has 0 aliphatic rings. The smallest absolute Gasteiger partial charge is 0.310 e. The van der Waals surface area contributed by atoms with Crippen LogP contribution in [0.5, 0.6) is 0 Å². The van der Waals surface area contributed by atoms with E-state index >= 15 is 0 Å². The van der Waals surface area contributed by atoms with Crippen LogP contribution < -0.4 is 0 Å². The molecule has 0 heterocycles. The van der Waals surface area contributed by atoms with Crippen molar-refractivity contribution in [3.8, 4) is 0 Å². The molecule has 0 saturated heterocycles. The molecule has 0 aliphatic heterocycles. The van der Waals surface area contributed by atoms with Gasteiger partial charge >= 0.3 is 5.97 Å². The third kappa shape index (κ3) is 3.81. The van der Waals surface area contributed by atoms with Gasteiger partial charge in [-0.05, 0) is 18.5 Å². The molecule has 0 aromatic heterocycles. The molecule has 0 amide bonds. The number of carbonyl (C=O) groups is 1. The number of hydrogen-bond acceptors (Lipinski definition) is 1. The maximum atomic E-state index is 11.3. The van der Waals surface area contributed by atoms with Crippen LogP contribution in [-0.2, 0) is 4.79 Å². The number of hydrogen-bond donors (Lipinski definition) is 1. The Bertz CT molecular complexity index is 363. The lowest BCUT2D eigenvalue weighted by Gasteiger charge is -2.21. The Morgan fingerprint density at radius 1 is 1.25 bits per heavy atom. The van der Waals surface area contributed by atoms with Gasteiger partial charge in [0.1, 0.15) is 0 Å². The summed E-state index contributed by atoms with van der Waals surface area (Å²) in [5.74, 6) is -1.04. The largest absolute Gasteiger partial charge is 0.481 e. The predicted octanol–water partition coefficient (Wildman–Crippen LogP) is 3.50. The van der Waals surface area contributed by atoms with E-state index in [0.717, 1.165) is 11.6 Å².